The highest BCUT2D eigenvalue weighted by molar-refractivity contribution is 7.10. The lowest BCUT2D eigenvalue weighted by atomic mass is 9.98. The van der Waals surface area contributed by atoms with E-state index in [1.807, 2.05) is 5.38 Å². The Kier molecular flexibility index (Phi) is 8.06. The van der Waals surface area contributed by atoms with Crippen LogP contribution >= 0.6 is 11.3 Å². The Balaban J connectivity index is 1.42. The second-order valence-corrected chi connectivity index (χ2v) is 9.12. The number of fused-ring (bicyclic) bond motifs is 1. The van der Waals surface area contributed by atoms with Crippen molar-refractivity contribution < 1.29 is 23.9 Å². The summed E-state index contributed by atoms with van der Waals surface area (Å²) in [7, 11) is 1.58. The summed E-state index contributed by atoms with van der Waals surface area (Å²) in [6.07, 6.45) is 2.54. The number of carbonyl (C=O) groups is 4. The van der Waals surface area contributed by atoms with Gasteiger partial charge in [0, 0.05) is 50.9 Å². The Bertz CT molecular complexity index is 824. The van der Waals surface area contributed by atoms with Crippen molar-refractivity contribution in [1.82, 2.24) is 14.7 Å². The summed E-state index contributed by atoms with van der Waals surface area (Å²) in [5, 5.41) is 2.05. The Labute approximate surface area is 187 Å². The van der Waals surface area contributed by atoms with Crippen molar-refractivity contribution in [3.63, 3.8) is 0 Å². The van der Waals surface area contributed by atoms with E-state index >= 15 is 0 Å². The van der Waals surface area contributed by atoms with Crippen molar-refractivity contribution in [2.75, 3.05) is 39.8 Å². The van der Waals surface area contributed by atoms with Crippen LogP contribution in [0.4, 0.5) is 0 Å². The van der Waals surface area contributed by atoms with Crippen LogP contribution in [0.3, 0.4) is 0 Å². The van der Waals surface area contributed by atoms with Crippen LogP contribution in [0.15, 0.2) is 11.4 Å². The molecule has 3 rings (SSSR count). The molecule has 8 nitrogen and oxygen atoms in total. The molecule has 170 valence electrons. The maximum Gasteiger partial charge on any atom is 0.310 e. The molecule has 0 aliphatic carbocycles. The monoisotopic (exact) mass is 449 g/mol. The highest BCUT2D eigenvalue weighted by Gasteiger charge is 2.30. The smallest absolute Gasteiger partial charge is 0.310 e. The van der Waals surface area contributed by atoms with Crippen LogP contribution in [0.5, 0.6) is 0 Å². The van der Waals surface area contributed by atoms with Gasteiger partial charge in [-0.3, -0.25) is 19.2 Å². The molecule has 3 amide bonds. The number of piperidine rings is 1. The van der Waals surface area contributed by atoms with E-state index in [-0.39, 0.29) is 49.0 Å². The number of esters is 1. The van der Waals surface area contributed by atoms with Crippen molar-refractivity contribution in [3.8, 4) is 0 Å². The lowest BCUT2D eigenvalue weighted by Crippen LogP contribution is -2.47. The van der Waals surface area contributed by atoms with Crippen molar-refractivity contribution in [3.05, 3.63) is 21.9 Å². The van der Waals surface area contributed by atoms with Crippen molar-refractivity contribution in [1.29, 1.82) is 0 Å². The first kappa shape index (κ1) is 23.2. The van der Waals surface area contributed by atoms with E-state index < -0.39 is 0 Å². The fraction of sp³-hybridized carbons (Fsp3) is 0.636. The number of amides is 3. The highest BCUT2D eigenvalue weighted by atomic mass is 32.1. The third-order valence-electron chi connectivity index (χ3n) is 5.91. The van der Waals surface area contributed by atoms with Crippen LogP contribution in [-0.4, -0.2) is 78.2 Å². The number of rotatable bonds is 7. The first-order valence-corrected chi connectivity index (χ1v) is 11.8. The summed E-state index contributed by atoms with van der Waals surface area (Å²) in [6, 6.07) is 2.05. The number of nitrogens with zero attached hydrogens (tertiary/aromatic N) is 3. The van der Waals surface area contributed by atoms with Gasteiger partial charge in [-0.05, 0) is 43.2 Å². The van der Waals surface area contributed by atoms with Gasteiger partial charge in [0.05, 0.1) is 19.1 Å². The van der Waals surface area contributed by atoms with Crippen LogP contribution < -0.4 is 0 Å². The van der Waals surface area contributed by atoms with E-state index in [0.29, 0.717) is 39.2 Å². The maximum atomic E-state index is 12.6. The van der Waals surface area contributed by atoms with Gasteiger partial charge in [-0.15, -0.1) is 11.3 Å². The first-order chi connectivity index (χ1) is 14.9. The minimum atomic E-state index is -0.301. The summed E-state index contributed by atoms with van der Waals surface area (Å²) >= 11 is 1.72. The van der Waals surface area contributed by atoms with Crippen LogP contribution in [0.25, 0.3) is 0 Å². The molecule has 2 aliphatic heterocycles. The summed E-state index contributed by atoms with van der Waals surface area (Å²) < 4.78 is 5.07. The Hall–Kier alpha value is -2.42. The van der Waals surface area contributed by atoms with E-state index in [0.717, 1.165) is 12.8 Å². The zero-order valence-corrected chi connectivity index (χ0v) is 19.1. The van der Waals surface area contributed by atoms with Crippen molar-refractivity contribution in [2.45, 2.75) is 45.6 Å². The quantitative estimate of drug-likeness (QED) is 0.591. The minimum Gasteiger partial charge on any atom is -0.466 e. The maximum absolute atomic E-state index is 12.6. The van der Waals surface area contributed by atoms with E-state index in [9.17, 15) is 19.2 Å². The fourth-order valence-electron chi connectivity index (χ4n) is 4.07. The fourth-order valence-corrected chi connectivity index (χ4v) is 4.96. The molecular formula is C22H31N3O5S. The molecule has 0 radical (unpaired) electrons. The molecule has 31 heavy (non-hydrogen) atoms. The number of carbonyl (C=O) groups excluding carboxylic acids is 4. The van der Waals surface area contributed by atoms with Gasteiger partial charge in [0.1, 0.15) is 0 Å². The first-order valence-electron chi connectivity index (χ1n) is 10.9. The number of thiophene rings is 1. The summed E-state index contributed by atoms with van der Waals surface area (Å²) in [6.45, 7) is 4.24. The van der Waals surface area contributed by atoms with Gasteiger partial charge in [-0.25, -0.2) is 0 Å². The Morgan fingerprint density at radius 1 is 1.16 bits per heavy atom. The number of likely N-dealkylation sites (tertiary alicyclic amines) is 1. The van der Waals surface area contributed by atoms with Crippen molar-refractivity contribution in [2.24, 2.45) is 5.92 Å². The molecule has 1 aromatic rings. The van der Waals surface area contributed by atoms with E-state index in [2.05, 4.69) is 6.07 Å². The number of likely N-dealkylation sites (N-methyl/N-ethyl adjacent to an activating group) is 1. The van der Waals surface area contributed by atoms with E-state index in [1.165, 1.54) is 15.3 Å². The molecule has 1 aromatic heterocycles. The highest BCUT2D eigenvalue weighted by Crippen LogP contribution is 2.24. The minimum absolute atomic E-state index is 0.0294. The summed E-state index contributed by atoms with van der Waals surface area (Å²) in [5.41, 5.74) is 1.20. The average Bonchev–Trinajstić information content (AvgIpc) is 3.25. The summed E-state index contributed by atoms with van der Waals surface area (Å²) in [5.74, 6) is -1.01. The van der Waals surface area contributed by atoms with Crippen LogP contribution in [0.1, 0.15) is 43.0 Å². The number of ether oxygens (including phenoxy) is 1. The molecule has 0 saturated carbocycles. The van der Waals surface area contributed by atoms with Gasteiger partial charge in [-0.2, -0.15) is 0 Å². The largest absolute Gasteiger partial charge is 0.466 e. The second kappa shape index (κ2) is 10.7. The zero-order chi connectivity index (χ0) is 22.4. The molecular weight excluding hydrogens is 418 g/mol. The molecule has 0 bridgehead atoms. The molecule has 0 N–H and O–H groups in total. The van der Waals surface area contributed by atoms with Crippen LogP contribution in [0.2, 0.25) is 0 Å². The molecule has 1 fully saturated rings. The predicted molar refractivity (Wildman–Crippen MR) is 116 cm³/mol. The topological polar surface area (TPSA) is 87.2 Å². The van der Waals surface area contributed by atoms with Gasteiger partial charge < -0.3 is 19.4 Å². The summed E-state index contributed by atoms with van der Waals surface area (Å²) in [4.78, 5) is 55.7. The second-order valence-electron chi connectivity index (χ2n) is 8.12. The van der Waals surface area contributed by atoms with Crippen LogP contribution in [0, 0.1) is 5.92 Å². The number of hydrogen-bond acceptors (Lipinski definition) is 6. The van der Waals surface area contributed by atoms with Crippen LogP contribution in [-0.2, 0) is 36.9 Å². The lowest BCUT2D eigenvalue weighted by molar-refractivity contribution is -0.152. The standard InChI is InChI=1S/C22H31N3O5S/c1-3-30-22(29)17-5-4-10-24(14-17)21(28)15-23(2)19(26)6-7-20(27)25-11-8-18-16(13-25)9-12-31-18/h9,12,17H,3-8,10-11,13-15H2,1-2H3. The molecule has 2 aliphatic rings. The Morgan fingerprint density at radius 2 is 1.97 bits per heavy atom. The van der Waals surface area contributed by atoms with E-state index in [1.54, 1.807) is 35.1 Å². The van der Waals surface area contributed by atoms with Gasteiger partial charge in [0.25, 0.3) is 0 Å². The lowest BCUT2D eigenvalue weighted by Gasteiger charge is -2.32. The van der Waals surface area contributed by atoms with Gasteiger partial charge in [-0.1, -0.05) is 0 Å². The zero-order valence-electron chi connectivity index (χ0n) is 18.3. The van der Waals surface area contributed by atoms with Gasteiger partial charge >= 0.3 is 5.97 Å². The van der Waals surface area contributed by atoms with Crippen molar-refractivity contribution >= 4 is 35.0 Å². The molecule has 3 heterocycles. The van der Waals surface area contributed by atoms with Gasteiger partial charge in [0.2, 0.25) is 17.7 Å². The molecule has 1 unspecified atom stereocenters. The third-order valence-corrected chi connectivity index (χ3v) is 6.93. The molecule has 9 heteroatoms. The predicted octanol–water partition coefficient (Wildman–Crippen LogP) is 1.67. The molecule has 1 saturated heterocycles. The Morgan fingerprint density at radius 3 is 2.74 bits per heavy atom. The molecule has 1 atom stereocenters. The normalized spacial score (nSPS) is 18.3. The van der Waals surface area contributed by atoms with E-state index in [4.69, 9.17) is 4.74 Å². The third kappa shape index (κ3) is 6.06. The molecule has 0 aromatic carbocycles. The number of hydrogen-bond donors (Lipinski definition) is 0. The SMILES string of the molecule is CCOC(=O)C1CCCN(C(=O)CN(C)C(=O)CCC(=O)N2CCc3sccc3C2)C1. The van der Waals surface area contributed by atoms with Gasteiger partial charge in [0.15, 0.2) is 0 Å². The average molecular weight is 450 g/mol. The molecule has 0 spiro atoms.